The Morgan fingerprint density at radius 1 is 1.19 bits per heavy atom. The number of nitrogens with one attached hydrogen (secondary N) is 1. The number of rotatable bonds is 4. The van der Waals surface area contributed by atoms with Crippen molar-refractivity contribution < 1.29 is 35.5 Å². The third-order valence-corrected chi connectivity index (χ3v) is 4.50. The molecule has 0 spiro atoms. The van der Waals surface area contributed by atoms with Crippen LogP contribution in [0.4, 0.5) is 30.7 Å². The average molecular weight is 462 g/mol. The molecule has 148 valence electrons. The largest absolute Gasteiger partial charge is 0.436 e. The molecule has 0 radical (unpaired) electrons. The predicted octanol–water partition coefficient (Wildman–Crippen LogP) is 4.45. The molecule has 1 amide bonds. The predicted molar refractivity (Wildman–Crippen MR) is 82.9 cm³/mol. The smallest absolute Gasteiger partial charge is 0.350 e. The Kier molecular flexibility index (Phi) is 5.88. The molecule has 1 aromatic carbocycles. The number of halogens is 8. The molecular formula is C15H11BrF7N3O. The van der Waals surface area contributed by atoms with Crippen LogP contribution in [0.1, 0.15) is 22.5 Å². The van der Waals surface area contributed by atoms with E-state index >= 15 is 0 Å². The summed E-state index contributed by atoms with van der Waals surface area (Å²) in [7, 11) is 0. The normalized spacial score (nSPS) is 12.3. The Hall–Kier alpha value is -2.11. The molecular weight excluding hydrogens is 451 g/mol. The van der Waals surface area contributed by atoms with Gasteiger partial charge in [0.1, 0.15) is 12.4 Å². The van der Waals surface area contributed by atoms with Gasteiger partial charge < -0.3 is 5.32 Å². The van der Waals surface area contributed by atoms with E-state index in [9.17, 15) is 35.5 Å². The highest BCUT2D eigenvalue weighted by molar-refractivity contribution is 9.10. The van der Waals surface area contributed by atoms with Crippen molar-refractivity contribution in [3.8, 4) is 0 Å². The van der Waals surface area contributed by atoms with Crippen molar-refractivity contribution in [2.24, 2.45) is 0 Å². The van der Waals surface area contributed by atoms with Crippen molar-refractivity contribution in [1.29, 1.82) is 0 Å². The lowest BCUT2D eigenvalue weighted by Gasteiger charge is -2.14. The Morgan fingerprint density at radius 2 is 1.81 bits per heavy atom. The topological polar surface area (TPSA) is 46.9 Å². The zero-order chi connectivity index (χ0) is 20.6. The zero-order valence-electron chi connectivity index (χ0n) is 13.5. The molecule has 0 bridgehead atoms. The highest BCUT2D eigenvalue weighted by atomic mass is 79.9. The van der Waals surface area contributed by atoms with Gasteiger partial charge in [0.05, 0.1) is 15.7 Å². The quantitative estimate of drug-likeness (QED) is 0.684. The van der Waals surface area contributed by atoms with Gasteiger partial charge >= 0.3 is 12.4 Å². The van der Waals surface area contributed by atoms with E-state index < -0.39 is 48.4 Å². The number of aromatic nitrogens is 2. The zero-order valence-corrected chi connectivity index (χ0v) is 15.1. The molecule has 27 heavy (non-hydrogen) atoms. The molecule has 1 N–H and O–H groups in total. The first kappa shape index (κ1) is 21.2. The van der Waals surface area contributed by atoms with Crippen LogP contribution in [0, 0.1) is 12.7 Å². The monoisotopic (exact) mass is 461 g/mol. The first-order valence-corrected chi connectivity index (χ1v) is 8.02. The lowest BCUT2D eigenvalue weighted by Crippen LogP contribution is -2.29. The van der Waals surface area contributed by atoms with Gasteiger partial charge in [-0.25, -0.2) is 4.39 Å². The van der Waals surface area contributed by atoms with E-state index in [4.69, 9.17) is 0 Å². The second kappa shape index (κ2) is 7.49. The molecule has 12 heteroatoms. The molecule has 0 saturated heterocycles. The van der Waals surface area contributed by atoms with E-state index in [0.717, 1.165) is 16.8 Å². The van der Waals surface area contributed by atoms with Crippen LogP contribution in [0.2, 0.25) is 0 Å². The van der Waals surface area contributed by atoms with E-state index in [1.807, 2.05) is 0 Å². The van der Waals surface area contributed by atoms with Crippen LogP contribution in [0.3, 0.4) is 0 Å². The highest BCUT2D eigenvalue weighted by Gasteiger charge is 2.38. The second-order valence-electron chi connectivity index (χ2n) is 5.48. The molecule has 0 fully saturated rings. The summed E-state index contributed by atoms with van der Waals surface area (Å²) >= 11 is 2.75. The van der Waals surface area contributed by atoms with Crippen molar-refractivity contribution in [1.82, 2.24) is 15.1 Å². The standard InChI is InChI=1S/C15H11BrF7N3O/c1-7-12(16)13(15(21,22)23)25-26(7)6-11(27)24-5-8-2-3-9(17)4-10(8)14(18,19)20/h2-4H,5-6H2,1H3,(H,24,27). The molecule has 1 aromatic heterocycles. The average Bonchev–Trinajstić information content (AvgIpc) is 2.81. The van der Waals surface area contributed by atoms with Crippen LogP contribution >= 0.6 is 15.9 Å². The molecule has 4 nitrogen and oxygen atoms in total. The number of carbonyl (C=O) groups excluding carboxylic acids is 1. The Labute approximate surface area is 156 Å². The van der Waals surface area contributed by atoms with Crippen molar-refractivity contribution in [3.05, 3.63) is 51.0 Å². The van der Waals surface area contributed by atoms with Gasteiger partial charge in [-0.15, -0.1) is 0 Å². The third kappa shape index (κ3) is 4.99. The van der Waals surface area contributed by atoms with Crippen molar-refractivity contribution >= 4 is 21.8 Å². The van der Waals surface area contributed by atoms with Crippen molar-refractivity contribution in [2.75, 3.05) is 0 Å². The minimum absolute atomic E-state index is 0.0234. The molecule has 2 aromatic rings. The fourth-order valence-electron chi connectivity index (χ4n) is 2.21. The van der Waals surface area contributed by atoms with Gasteiger partial charge in [0.2, 0.25) is 5.91 Å². The molecule has 0 aliphatic heterocycles. The number of hydrogen-bond acceptors (Lipinski definition) is 2. The van der Waals surface area contributed by atoms with Gasteiger partial charge in [0.25, 0.3) is 0 Å². The first-order valence-electron chi connectivity index (χ1n) is 7.23. The fraction of sp³-hybridized carbons (Fsp3) is 0.333. The minimum atomic E-state index is -4.83. The van der Waals surface area contributed by atoms with E-state index in [-0.39, 0.29) is 15.7 Å². The van der Waals surface area contributed by atoms with Gasteiger partial charge in [-0.1, -0.05) is 6.07 Å². The summed E-state index contributed by atoms with van der Waals surface area (Å²) in [6, 6.07) is 1.98. The van der Waals surface area contributed by atoms with Crippen LogP contribution in [0.5, 0.6) is 0 Å². The van der Waals surface area contributed by atoms with Gasteiger partial charge in [0.15, 0.2) is 5.69 Å². The molecule has 0 atom stereocenters. The first-order chi connectivity index (χ1) is 12.3. The summed E-state index contributed by atoms with van der Waals surface area (Å²) in [6.45, 7) is 0.0754. The SMILES string of the molecule is Cc1c(Br)c(C(F)(F)F)nn1CC(=O)NCc1ccc(F)cc1C(F)(F)F. The lowest BCUT2D eigenvalue weighted by molar-refractivity contribution is -0.142. The van der Waals surface area contributed by atoms with E-state index in [2.05, 4.69) is 26.3 Å². The van der Waals surface area contributed by atoms with E-state index in [1.54, 1.807) is 0 Å². The van der Waals surface area contributed by atoms with Crippen molar-refractivity contribution in [3.63, 3.8) is 0 Å². The Bertz CT molecular complexity index is 858. The molecule has 0 aliphatic rings. The van der Waals surface area contributed by atoms with Crippen LogP contribution in [0.15, 0.2) is 22.7 Å². The number of nitrogens with zero attached hydrogens (tertiary/aromatic N) is 2. The maximum Gasteiger partial charge on any atom is 0.436 e. The number of hydrogen-bond donors (Lipinski definition) is 1. The maximum absolute atomic E-state index is 13.0. The fourth-order valence-corrected chi connectivity index (χ4v) is 2.72. The van der Waals surface area contributed by atoms with Gasteiger partial charge in [-0.05, 0) is 40.5 Å². The summed E-state index contributed by atoms with van der Waals surface area (Å²) in [4.78, 5) is 11.9. The van der Waals surface area contributed by atoms with Gasteiger partial charge in [0, 0.05) is 6.54 Å². The van der Waals surface area contributed by atoms with Crippen LogP contribution < -0.4 is 5.32 Å². The molecule has 1 heterocycles. The third-order valence-electron chi connectivity index (χ3n) is 3.55. The van der Waals surface area contributed by atoms with Gasteiger partial charge in [-0.2, -0.15) is 31.4 Å². The Balaban J connectivity index is 2.13. The van der Waals surface area contributed by atoms with Crippen LogP contribution in [-0.2, 0) is 30.2 Å². The highest BCUT2D eigenvalue weighted by Crippen LogP contribution is 2.35. The Morgan fingerprint density at radius 3 is 2.33 bits per heavy atom. The summed E-state index contributed by atoms with van der Waals surface area (Å²) in [5, 5.41) is 5.45. The van der Waals surface area contributed by atoms with E-state index in [0.29, 0.717) is 6.07 Å². The molecule has 2 rings (SSSR count). The maximum atomic E-state index is 13.0. The summed E-state index contributed by atoms with van der Waals surface area (Å²) < 4.78 is 90.6. The summed E-state index contributed by atoms with van der Waals surface area (Å²) in [6.07, 6.45) is -9.56. The minimum Gasteiger partial charge on any atom is -0.350 e. The molecule has 0 unspecified atom stereocenters. The van der Waals surface area contributed by atoms with Crippen LogP contribution in [-0.4, -0.2) is 15.7 Å². The van der Waals surface area contributed by atoms with E-state index in [1.165, 1.54) is 6.92 Å². The molecule has 0 saturated carbocycles. The second-order valence-corrected chi connectivity index (χ2v) is 6.27. The molecule has 0 aliphatic carbocycles. The van der Waals surface area contributed by atoms with Crippen LogP contribution in [0.25, 0.3) is 0 Å². The number of alkyl halides is 6. The summed E-state index contributed by atoms with van der Waals surface area (Å²) in [5.41, 5.74) is -2.83. The number of amides is 1. The number of carbonyl (C=O) groups is 1. The van der Waals surface area contributed by atoms with Crippen molar-refractivity contribution in [2.45, 2.75) is 32.4 Å². The van der Waals surface area contributed by atoms with Gasteiger partial charge in [-0.3, -0.25) is 9.48 Å². The lowest BCUT2D eigenvalue weighted by atomic mass is 10.1. The summed E-state index contributed by atoms with van der Waals surface area (Å²) in [5.74, 6) is -1.95. The number of benzene rings is 1.